The molecule has 1 aromatic carbocycles. The van der Waals surface area contributed by atoms with E-state index in [1.165, 1.54) is 18.2 Å². The van der Waals surface area contributed by atoms with Gasteiger partial charge in [-0.1, -0.05) is 6.07 Å². The van der Waals surface area contributed by atoms with Gasteiger partial charge in [-0.2, -0.15) is 0 Å². The van der Waals surface area contributed by atoms with E-state index in [2.05, 4.69) is 10.6 Å². The molecule has 1 amide bonds. The molecular formula is C14H18N2O5. The van der Waals surface area contributed by atoms with Crippen molar-refractivity contribution < 1.29 is 24.9 Å². The predicted molar refractivity (Wildman–Crippen MR) is 74.0 cm³/mol. The molecule has 0 bridgehead atoms. The largest absolute Gasteiger partial charge is 0.504 e. The molecule has 114 valence electrons. The summed E-state index contributed by atoms with van der Waals surface area (Å²) in [6.45, 7) is 1.55. The molecule has 21 heavy (non-hydrogen) atoms. The van der Waals surface area contributed by atoms with Crippen LogP contribution in [0.2, 0.25) is 0 Å². The summed E-state index contributed by atoms with van der Waals surface area (Å²) in [4.78, 5) is 23.0. The molecule has 1 aliphatic heterocycles. The highest BCUT2D eigenvalue weighted by molar-refractivity contribution is 5.84. The van der Waals surface area contributed by atoms with Gasteiger partial charge in [-0.05, 0) is 36.7 Å². The minimum atomic E-state index is -1.14. The van der Waals surface area contributed by atoms with Crippen LogP contribution in [0, 0.1) is 5.92 Å². The molecule has 0 radical (unpaired) electrons. The van der Waals surface area contributed by atoms with Gasteiger partial charge in [0.15, 0.2) is 11.5 Å². The fraction of sp³-hybridized carbons (Fsp3) is 0.429. The Morgan fingerprint density at radius 1 is 1.29 bits per heavy atom. The molecule has 7 nitrogen and oxygen atoms in total. The van der Waals surface area contributed by atoms with Crippen molar-refractivity contribution in [2.24, 2.45) is 5.92 Å². The van der Waals surface area contributed by atoms with Crippen LogP contribution in [0.4, 0.5) is 0 Å². The van der Waals surface area contributed by atoms with Crippen molar-refractivity contribution in [2.45, 2.75) is 18.9 Å². The molecule has 0 aromatic heterocycles. The van der Waals surface area contributed by atoms with Gasteiger partial charge in [0.05, 0.1) is 0 Å². The van der Waals surface area contributed by atoms with Gasteiger partial charge in [0, 0.05) is 12.8 Å². The van der Waals surface area contributed by atoms with E-state index in [9.17, 15) is 24.9 Å². The molecule has 1 saturated heterocycles. The first kappa shape index (κ1) is 15.1. The second-order valence-corrected chi connectivity index (χ2v) is 5.21. The maximum absolute atomic E-state index is 11.8. The smallest absolute Gasteiger partial charge is 0.326 e. The Kier molecular flexibility index (Phi) is 4.64. The van der Waals surface area contributed by atoms with E-state index in [1.54, 1.807) is 0 Å². The molecule has 1 fully saturated rings. The monoisotopic (exact) mass is 294 g/mol. The lowest BCUT2D eigenvalue weighted by Crippen LogP contribution is -2.47. The van der Waals surface area contributed by atoms with Crippen LogP contribution in [-0.4, -0.2) is 46.3 Å². The molecule has 7 heteroatoms. The van der Waals surface area contributed by atoms with Crippen molar-refractivity contribution in [3.8, 4) is 11.5 Å². The summed E-state index contributed by atoms with van der Waals surface area (Å²) < 4.78 is 0. The number of phenols is 2. The summed E-state index contributed by atoms with van der Waals surface area (Å²) in [5.74, 6) is -1.76. The van der Waals surface area contributed by atoms with Crippen LogP contribution in [-0.2, 0) is 16.0 Å². The van der Waals surface area contributed by atoms with Gasteiger partial charge in [-0.3, -0.25) is 4.79 Å². The Morgan fingerprint density at radius 3 is 2.52 bits per heavy atom. The van der Waals surface area contributed by atoms with Gasteiger partial charge in [-0.25, -0.2) is 4.79 Å². The molecule has 5 N–H and O–H groups in total. The zero-order valence-corrected chi connectivity index (χ0v) is 11.4. The normalized spacial score (nSPS) is 16.0. The SMILES string of the molecule is O=C(CC1CNC1)NC(Cc1ccc(O)c(O)c1)C(=O)O. The Labute approximate surface area is 121 Å². The molecule has 2 rings (SSSR count). The summed E-state index contributed by atoms with van der Waals surface area (Å²) in [6, 6.07) is 3.01. The number of hydrogen-bond donors (Lipinski definition) is 5. The minimum Gasteiger partial charge on any atom is -0.504 e. The molecule has 1 atom stereocenters. The van der Waals surface area contributed by atoms with E-state index >= 15 is 0 Å². The van der Waals surface area contributed by atoms with Gasteiger partial charge >= 0.3 is 5.97 Å². The first-order valence-corrected chi connectivity index (χ1v) is 6.69. The summed E-state index contributed by atoms with van der Waals surface area (Å²) in [5.41, 5.74) is 0.517. The molecule has 1 aromatic rings. The number of carbonyl (C=O) groups excluding carboxylic acids is 1. The van der Waals surface area contributed by atoms with E-state index in [0.717, 1.165) is 13.1 Å². The van der Waals surface area contributed by atoms with Crippen molar-refractivity contribution in [1.29, 1.82) is 0 Å². The van der Waals surface area contributed by atoms with E-state index in [4.69, 9.17) is 0 Å². The zero-order valence-electron chi connectivity index (χ0n) is 11.4. The van der Waals surface area contributed by atoms with E-state index < -0.39 is 12.0 Å². The topological polar surface area (TPSA) is 119 Å². The lowest BCUT2D eigenvalue weighted by Gasteiger charge is -2.27. The summed E-state index contributed by atoms with van der Waals surface area (Å²) in [7, 11) is 0. The predicted octanol–water partition coefficient (Wildman–Crippen LogP) is -0.181. The number of phenolic OH excluding ortho intramolecular Hbond substituents is 2. The quantitative estimate of drug-likeness (QED) is 0.464. The number of rotatable bonds is 6. The summed E-state index contributed by atoms with van der Waals surface area (Å²) in [6.07, 6.45) is 0.343. The lowest BCUT2D eigenvalue weighted by molar-refractivity contribution is -0.142. The van der Waals surface area contributed by atoms with E-state index in [-0.39, 0.29) is 29.7 Å². The van der Waals surface area contributed by atoms with Gasteiger partial charge < -0.3 is 26.0 Å². The Morgan fingerprint density at radius 2 is 2.00 bits per heavy atom. The second kappa shape index (κ2) is 6.45. The number of amides is 1. The lowest BCUT2D eigenvalue weighted by atomic mass is 9.98. The third-order valence-corrected chi connectivity index (χ3v) is 3.45. The Hall–Kier alpha value is -2.28. The molecular weight excluding hydrogens is 276 g/mol. The Balaban J connectivity index is 1.96. The van der Waals surface area contributed by atoms with Crippen molar-refractivity contribution in [1.82, 2.24) is 10.6 Å². The van der Waals surface area contributed by atoms with Gasteiger partial charge in [0.25, 0.3) is 0 Å². The van der Waals surface area contributed by atoms with Crippen molar-refractivity contribution >= 4 is 11.9 Å². The van der Waals surface area contributed by atoms with Gasteiger partial charge in [0.2, 0.25) is 5.91 Å². The minimum absolute atomic E-state index is 0.0395. The first-order chi connectivity index (χ1) is 9.95. The highest BCUT2D eigenvalue weighted by atomic mass is 16.4. The van der Waals surface area contributed by atoms with Crippen LogP contribution >= 0.6 is 0 Å². The Bertz CT molecular complexity index is 542. The maximum atomic E-state index is 11.8. The molecule has 1 aliphatic rings. The van der Waals surface area contributed by atoms with Crippen LogP contribution in [0.25, 0.3) is 0 Å². The number of carboxylic acids is 1. The van der Waals surface area contributed by atoms with Crippen LogP contribution < -0.4 is 10.6 Å². The van der Waals surface area contributed by atoms with Crippen molar-refractivity contribution in [3.63, 3.8) is 0 Å². The third-order valence-electron chi connectivity index (χ3n) is 3.45. The van der Waals surface area contributed by atoms with Crippen LogP contribution in [0.3, 0.4) is 0 Å². The van der Waals surface area contributed by atoms with Crippen molar-refractivity contribution in [2.75, 3.05) is 13.1 Å². The number of carbonyl (C=O) groups is 2. The van der Waals surface area contributed by atoms with Crippen molar-refractivity contribution in [3.05, 3.63) is 23.8 Å². The average molecular weight is 294 g/mol. The standard InChI is InChI=1S/C14H18N2O5/c17-11-2-1-8(4-12(11)18)3-10(14(20)21)16-13(19)5-9-6-15-7-9/h1-2,4,9-10,15,17-18H,3,5-7H2,(H,16,19)(H,20,21). The number of carboxylic acid groups (broad SMARTS) is 1. The van der Waals surface area contributed by atoms with Gasteiger partial charge in [-0.15, -0.1) is 0 Å². The average Bonchev–Trinajstić information content (AvgIpc) is 2.37. The molecule has 1 unspecified atom stereocenters. The number of aromatic hydroxyl groups is 2. The summed E-state index contributed by atoms with van der Waals surface area (Å²) in [5, 5.41) is 33.3. The fourth-order valence-electron chi connectivity index (χ4n) is 2.14. The fourth-order valence-corrected chi connectivity index (χ4v) is 2.14. The molecule has 1 heterocycles. The highest BCUT2D eigenvalue weighted by Crippen LogP contribution is 2.25. The number of aliphatic carboxylic acids is 1. The number of hydrogen-bond acceptors (Lipinski definition) is 5. The van der Waals surface area contributed by atoms with Crippen LogP contribution in [0.5, 0.6) is 11.5 Å². The van der Waals surface area contributed by atoms with Gasteiger partial charge in [0.1, 0.15) is 6.04 Å². The number of nitrogens with one attached hydrogen (secondary N) is 2. The van der Waals surface area contributed by atoms with Crippen LogP contribution in [0.15, 0.2) is 18.2 Å². The first-order valence-electron chi connectivity index (χ1n) is 6.69. The highest BCUT2D eigenvalue weighted by Gasteiger charge is 2.25. The maximum Gasteiger partial charge on any atom is 0.326 e. The van der Waals surface area contributed by atoms with E-state index in [0.29, 0.717) is 12.0 Å². The third kappa shape index (κ3) is 4.09. The zero-order chi connectivity index (χ0) is 15.4. The summed E-state index contributed by atoms with van der Waals surface area (Å²) >= 11 is 0. The molecule has 0 aliphatic carbocycles. The molecule has 0 spiro atoms. The van der Waals surface area contributed by atoms with Crippen LogP contribution in [0.1, 0.15) is 12.0 Å². The van der Waals surface area contributed by atoms with E-state index in [1.807, 2.05) is 0 Å². The second-order valence-electron chi connectivity index (χ2n) is 5.21. The molecule has 0 saturated carbocycles. The number of benzene rings is 1.